The van der Waals surface area contributed by atoms with Crippen molar-refractivity contribution >= 4 is 0 Å². The van der Waals surface area contributed by atoms with E-state index in [1.807, 2.05) is 0 Å². The van der Waals surface area contributed by atoms with E-state index in [0.717, 1.165) is 13.2 Å². The van der Waals surface area contributed by atoms with Crippen LogP contribution in [0, 0.1) is 86.6 Å². The zero-order valence-corrected chi connectivity index (χ0v) is 56.5. The van der Waals surface area contributed by atoms with Crippen LogP contribution in [0.25, 0.3) is 0 Å². The van der Waals surface area contributed by atoms with Gasteiger partial charge in [-0.2, -0.15) is 0 Å². The number of alkyl halides is 2. The molecule has 0 bridgehead atoms. The van der Waals surface area contributed by atoms with Gasteiger partial charge in [-0.05, 0) is 164 Å². The molecule has 5 aliphatic rings. The molecule has 4 saturated carbocycles. The quantitative estimate of drug-likeness (QED) is 0.235. The molecule has 1 heterocycles. The van der Waals surface area contributed by atoms with E-state index < -0.39 is 5.92 Å². The zero-order chi connectivity index (χ0) is 58.1. The van der Waals surface area contributed by atoms with E-state index in [9.17, 15) is 8.78 Å². The van der Waals surface area contributed by atoms with E-state index in [1.54, 1.807) is 0 Å². The van der Waals surface area contributed by atoms with Crippen LogP contribution < -0.4 is 0 Å². The van der Waals surface area contributed by atoms with Gasteiger partial charge in [0.15, 0.2) is 0 Å². The largest absolute Gasteiger partial charge is 0.381 e. The standard InChI is InChI=1S/C16H32.C14H26F2.C14H28.C13H26O.C13H26/c1-13(2,3)16(14(4,5)6)11-9-15(7,8)10-12-16;1-11(2,3)13(12(4,5)6)7-9-14(15,16)10-8-13;1-12(2,3)14(13(4,5)6)10-8-7-9-11-14;1-11(2,3)13(12(4,5)6)7-9-14-10-8-13;1-11(2,3)13(12(4,5)6)9-7-8-10-13/h9-12H2,1-8H3;7-10H2,1-6H3;7-11H2,1-6H3;7-10H2,1-6H3;7-10H2,1-6H3. The van der Waals surface area contributed by atoms with Crippen molar-refractivity contribution in [3.63, 3.8) is 0 Å². The fourth-order valence-corrected chi connectivity index (χ4v) is 18.4. The highest BCUT2D eigenvalue weighted by Crippen LogP contribution is 2.65. The Morgan fingerprint density at radius 1 is 0.233 bits per heavy atom. The van der Waals surface area contributed by atoms with Crippen molar-refractivity contribution in [1.29, 1.82) is 0 Å². The Bertz CT molecular complexity index is 1410. The molecule has 0 aromatic carbocycles. The SMILES string of the molecule is CC(C)(C)C1(C(C)(C)C)CCC(F)(F)CC1.CC(C)(C)C1(C(C)(C)C)CCCC1.CC(C)(C)C1(C(C)(C)C)CCCCC1.CC(C)(C)C1(C(C)(C)C)CCOCC1.CC1(C)CCC(C(C)(C)C)(C(C)(C)C)CC1. The minimum absolute atomic E-state index is 0.0294. The van der Waals surface area contributed by atoms with Crippen molar-refractivity contribution in [3.8, 4) is 0 Å². The maximum Gasteiger partial charge on any atom is 0.248 e. The Kier molecular flexibility index (Phi) is 22.8. The maximum atomic E-state index is 13.3. The van der Waals surface area contributed by atoms with Gasteiger partial charge in [-0.1, -0.05) is 254 Å². The fourth-order valence-electron chi connectivity index (χ4n) is 18.4. The van der Waals surface area contributed by atoms with Gasteiger partial charge in [0.1, 0.15) is 0 Å². The monoisotopic (exact) mass is 1030 g/mol. The Morgan fingerprint density at radius 2 is 0.411 bits per heavy atom. The molecule has 5 fully saturated rings. The van der Waals surface area contributed by atoms with Crippen LogP contribution in [-0.2, 0) is 4.74 Å². The number of hydrogen-bond donors (Lipinski definition) is 0. The molecule has 0 radical (unpaired) electrons. The Morgan fingerprint density at radius 3 is 0.603 bits per heavy atom. The summed E-state index contributed by atoms with van der Waals surface area (Å²) < 4.78 is 32.2. The highest BCUT2D eigenvalue weighted by molar-refractivity contribution is 5.05. The molecule has 3 heteroatoms. The molecule has 0 unspecified atom stereocenters. The van der Waals surface area contributed by atoms with Crippen molar-refractivity contribution in [1.82, 2.24) is 0 Å². The Labute approximate surface area is 460 Å². The van der Waals surface area contributed by atoms with Crippen LogP contribution in [0.5, 0.6) is 0 Å². The molecule has 1 nitrogen and oxygen atoms in total. The lowest BCUT2D eigenvalue weighted by atomic mass is 9.47. The molecule has 73 heavy (non-hydrogen) atoms. The average molecular weight is 1030 g/mol. The van der Waals surface area contributed by atoms with Gasteiger partial charge in [0, 0.05) is 26.1 Å². The Balaban J connectivity index is 0.000000457. The average Bonchev–Trinajstić information content (AvgIpc) is 3.70. The first-order chi connectivity index (χ1) is 31.9. The second-order valence-electron chi connectivity index (χ2n) is 36.8. The third-order valence-electron chi connectivity index (χ3n) is 23.2. The van der Waals surface area contributed by atoms with Crippen LogP contribution in [0.3, 0.4) is 0 Å². The minimum atomic E-state index is -2.43. The van der Waals surface area contributed by atoms with Gasteiger partial charge in [0.05, 0.1) is 0 Å². The number of hydrogen-bond acceptors (Lipinski definition) is 1. The van der Waals surface area contributed by atoms with Crippen LogP contribution >= 0.6 is 0 Å². The van der Waals surface area contributed by atoms with Crippen LogP contribution in [0.2, 0.25) is 0 Å². The van der Waals surface area contributed by atoms with E-state index >= 15 is 0 Å². The summed E-state index contributed by atoms with van der Waals surface area (Å²) in [5, 5.41) is 0. The predicted molar refractivity (Wildman–Crippen MR) is 324 cm³/mol. The lowest BCUT2D eigenvalue weighted by Crippen LogP contribution is -2.50. The molecule has 438 valence electrons. The predicted octanol–water partition coefficient (Wildman–Crippen LogP) is 24.5. The summed E-state index contributed by atoms with van der Waals surface area (Å²) in [5.74, 6) is -2.43. The zero-order valence-electron chi connectivity index (χ0n) is 56.5. The van der Waals surface area contributed by atoms with Gasteiger partial charge in [-0.15, -0.1) is 0 Å². The van der Waals surface area contributed by atoms with Gasteiger partial charge < -0.3 is 4.74 Å². The van der Waals surface area contributed by atoms with Crippen LogP contribution in [0.4, 0.5) is 8.78 Å². The van der Waals surface area contributed by atoms with Crippen LogP contribution in [0.1, 0.15) is 344 Å². The summed E-state index contributed by atoms with van der Waals surface area (Å²) in [6, 6.07) is 0. The molecule has 0 aromatic rings. The molecule has 5 rings (SSSR count). The van der Waals surface area contributed by atoms with Gasteiger partial charge in [0.2, 0.25) is 5.92 Å². The first-order valence-electron chi connectivity index (χ1n) is 30.9. The van der Waals surface area contributed by atoms with Gasteiger partial charge in [-0.25, -0.2) is 8.78 Å². The number of halogens is 2. The molecular weight excluding hydrogens is 895 g/mol. The van der Waals surface area contributed by atoms with Crippen molar-refractivity contribution in [2.75, 3.05) is 13.2 Å². The van der Waals surface area contributed by atoms with E-state index in [4.69, 9.17) is 4.74 Å². The summed E-state index contributed by atoms with van der Waals surface area (Å²) >= 11 is 0. The number of rotatable bonds is 0. The fraction of sp³-hybridized carbons (Fsp3) is 1.00. The maximum absolute atomic E-state index is 13.3. The third-order valence-corrected chi connectivity index (χ3v) is 23.2. The van der Waals surface area contributed by atoms with Crippen molar-refractivity contribution in [2.45, 2.75) is 349 Å². The molecule has 1 saturated heterocycles. The van der Waals surface area contributed by atoms with Crippen molar-refractivity contribution in [3.05, 3.63) is 0 Å². The lowest BCUT2D eigenvalue weighted by Gasteiger charge is -2.58. The Hall–Kier alpha value is -0.180. The topological polar surface area (TPSA) is 9.23 Å². The molecule has 4 aliphatic carbocycles. The van der Waals surface area contributed by atoms with Crippen molar-refractivity contribution in [2.24, 2.45) is 86.6 Å². The molecule has 0 atom stereocenters. The van der Waals surface area contributed by atoms with Gasteiger partial charge in [-0.3, -0.25) is 0 Å². The first-order valence-corrected chi connectivity index (χ1v) is 30.9. The van der Waals surface area contributed by atoms with E-state index in [-0.39, 0.29) is 29.1 Å². The summed E-state index contributed by atoms with van der Waals surface area (Å²) in [6.45, 7) is 78.0. The first kappa shape index (κ1) is 70.8. The van der Waals surface area contributed by atoms with E-state index in [0.29, 0.717) is 83.2 Å². The summed E-state index contributed by atoms with van der Waals surface area (Å²) in [6.07, 6.45) is 22.3. The highest BCUT2D eigenvalue weighted by atomic mass is 19.3. The molecule has 0 aromatic heterocycles. The normalized spacial score (nSPS) is 24.4. The highest BCUT2D eigenvalue weighted by Gasteiger charge is 2.57. The van der Waals surface area contributed by atoms with Crippen LogP contribution in [0.15, 0.2) is 0 Å². The third kappa shape index (κ3) is 16.2. The summed E-state index contributed by atoms with van der Waals surface area (Å²) in [7, 11) is 0. The second-order valence-corrected chi connectivity index (χ2v) is 36.8. The summed E-state index contributed by atoms with van der Waals surface area (Å²) in [4.78, 5) is 0. The molecule has 0 spiro atoms. The smallest absolute Gasteiger partial charge is 0.248 e. The lowest BCUT2D eigenvalue weighted by molar-refractivity contribution is -0.136. The van der Waals surface area contributed by atoms with Crippen LogP contribution in [-0.4, -0.2) is 19.1 Å². The minimum Gasteiger partial charge on any atom is -0.381 e. The molecule has 0 N–H and O–H groups in total. The molecule has 1 aliphatic heterocycles. The van der Waals surface area contributed by atoms with Gasteiger partial charge in [0.25, 0.3) is 0 Å². The molecule has 0 amide bonds. The van der Waals surface area contributed by atoms with Crippen molar-refractivity contribution < 1.29 is 13.5 Å². The second kappa shape index (κ2) is 23.5. The molecular formula is C70H138F2O. The van der Waals surface area contributed by atoms with Gasteiger partial charge >= 0.3 is 0 Å². The van der Waals surface area contributed by atoms with E-state index in [2.05, 4.69) is 222 Å². The number of ether oxygens (including phenoxy) is 1. The van der Waals surface area contributed by atoms with E-state index in [1.165, 1.54) is 96.3 Å². The summed E-state index contributed by atoms with van der Waals surface area (Å²) in [5.41, 5.74) is 6.23.